The van der Waals surface area contributed by atoms with Crippen LogP contribution in [0.3, 0.4) is 0 Å². The molecule has 0 fully saturated rings. The lowest BCUT2D eigenvalue weighted by molar-refractivity contribution is -0.147. The highest BCUT2D eigenvalue weighted by Gasteiger charge is 2.24. The van der Waals surface area contributed by atoms with Crippen molar-refractivity contribution in [2.75, 3.05) is 0 Å². The summed E-state index contributed by atoms with van der Waals surface area (Å²) in [5, 5.41) is 11.0. The summed E-state index contributed by atoms with van der Waals surface area (Å²) in [6.45, 7) is 0.0681. The second kappa shape index (κ2) is 11.3. The average molecular weight is 386 g/mol. The fourth-order valence-corrected chi connectivity index (χ4v) is 2.32. The molecule has 0 aliphatic rings. The number of benzene rings is 2. The van der Waals surface area contributed by atoms with Gasteiger partial charge in [0.2, 0.25) is 5.91 Å². The van der Waals surface area contributed by atoms with Gasteiger partial charge in [-0.1, -0.05) is 60.7 Å². The number of hydrogen-bond acceptors (Lipinski definition) is 6. The Balaban J connectivity index is 1.90. The molecule has 3 N–H and O–H groups in total. The Morgan fingerprint density at radius 3 is 1.93 bits per heavy atom. The van der Waals surface area contributed by atoms with Crippen molar-refractivity contribution < 1.29 is 29.1 Å². The Bertz CT molecular complexity index is 767. The lowest BCUT2D eigenvalue weighted by atomic mass is 10.1. The maximum absolute atomic E-state index is 12.3. The second-order valence-electron chi connectivity index (χ2n) is 5.93. The van der Waals surface area contributed by atoms with E-state index in [0.29, 0.717) is 0 Å². The van der Waals surface area contributed by atoms with Crippen LogP contribution in [0.2, 0.25) is 0 Å². The highest BCUT2D eigenvalue weighted by molar-refractivity contribution is 5.82. The number of nitrogens with one attached hydrogen (secondary N) is 2. The van der Waals surface area contributed by atoms with Crippen LogP contribution in [0, 0.1) is 0 Å². The first-order valence-electron chi connectivity index (χ1n) is 8.69. The standard InChI is InChI=1S/C20H22N2O6/c23-18(22-26)12-11-17(19(24)27-13-15-7-3-1-4-8-15)21-20(25)28-14-16-9-5-2-6-10-16/h1-10,17,26H,11-14H2,(H,21,25)(H,22,23)/t17-/m0/s1. The van der Waals surface area contributed by atoms with Crippen molar-refractivity contribution in [3.63, 3.8) is 0 Å². The van der Waals surface area contributed by atoms with E-state index in [-0.39, 0.29) is 26.1 Å². The zero-order chi connectivity index (χ0) is 20.2. The van der Waals surface area contributed by atoms with Gasteiger partial charge in [-0.25, -0.2) is 15.1 Å². The van der Waals surface area contributed by atoms with Crippen LogP contribution in [-0.4, -0.2) is 29.2 Å². The van der Waals surface area contributed by atoms with Crippen LogP contribution in [-0.2, 0) is 32.3 Å². The van der Waals surface area contributed by atoms with Crippen molar-refractivity contribution in [3.8, 4) is 0 Å². The minimum Gasteiger partial charge on any atom is -0.459 e. The Kier molecular flexibility index (Phi) is 8.48. The number of alkyl carbamates (subject to hydrolysis) is 1. The van der Waals surface area contributed by atoms with Crippen LogP contribution in [0.1, 0.15) is 24.0 Å². The minimum atomic E-state index is -1.09. The summed E-state index contributed by atoms with van der Waals surface area (Å²) in [7, 11) is 0. The van der Waals surface area contributed by atoms with Crippen LogP contribution in [0.5, 0.6) is 0 Å². The molecule has 0 saturated heterocycles. The molecule has 28 heavy (non-hydrogen) atoms. The first kappa shape index (κ1) is 20.9. The molecule has 0 heterocycles. The SMILES string of the molecule is O=C(CC[C@H](NC(=O)OCc1ccccc1)C(=O)OCc1ccccc1)NO. The van der Waals surface area contributed by atoms with Crippen LogP contribution < -0.4 is 10.8 Å². The second-order valence-corrected chi connectivity index (χ2v) is 5.93. The number of hydrogen-bond donors (Lipinski definition) is 3. The number of rotatable bonds is 9. The Hall–Kier alpha value is -3.39. The summed E-state index contributed by atoms with van der Waals surface area (Å²) in [6.07, 6.45) is -1.05. The van der Waals surface area contributed by atoms with Gasteiger partial charge in [0.25, 0.3) is 0 Å². The number of carbonyl (C=O) groups excluding carboxylic acids is 3. The number of hydroxylamine groups is 1. The van der Waals surface area contributed by atoms with E-state index >= 15 is 0 Å². The molecule has 8 heteroatoms. The summed E-state index contributed by atoms with van der Waals surface area (Å²) in [4.78, 5) is 35.6. The van der Waals surface area contributed by atoms with Crippen LogP contribution >= 0.6 is 0 Å². The molecule has 148 valence electrons. The highest BCUT2D eigenvalue weighted by atomic mass is 16.6. The number of ether oxygens (including phenoxy) is 2. The molecule has 0 saturated carbocycles. The normalized spacial score (nSPS) is 11.2. The molecule has 2 aromatic rings. The molecular formula is C20H22N2O6. The molecule has 0 radical (unpaired) electrons. The fourth-order valence-electron chi connectivity index (χ4n) is 2.32. The first-order chi connectivity index (χ1) is 13.6. The van der Waals surface area contributed by atoms with Crippen LogP contribution in [0.25, 0.3) is 0 Å². The lowest BCUT2D eigenvalue weighted by Gasteiger charge is -2.17. The summed E-state index contributed by atoms with van der Waals surface area (Å²) in [5.74, 6) is -1.38. The maximum Gasteiger partial charge on any atom is 0.408 e. The topological polar surface area (TPSA) is 114 Å². The van der Waals surface area contributed by atoms with Gasteiger partial charge >= 0.3 is 12.1 Å². The zero-order valence-electron chi connectivity index (χ0n) is 15.2. The van der Waals surface area contributed by atoms with E-state index < -0.39 is 24.0 Å². The van der Waals surface area contributed by atoms with Crippen molar-refractivity contribution in [3.05, 3.63) is 71.8 Å². The third-order valence-electron chi connectivity index (χ3n) is 3.80. The molecule has 0 unspecified atom stereocenters. The predicted molar refractivity (Wildman–Crippen MR) is 99.0 cm³/mol. The van der Waals surface area contributed by atoms with Gasteiger partial charge in [0.1, 0.15) is 19.3 Å². The van der Waals surface area contributed by atoms with E-state index in [9.17, 15) is 14.4 Å². The van der Waals surface area contributed by atoms with E-state index in [2.05, 4.69) is 5.32 Å². The molecule has 1 atom stereocenters. The van der Waals surface area contributed by atoms with Crippen molar-refractivity contribution in [1.29, 1.82) is 0 Å². The first-order valence-corrected chi connectivity index (χ1v) is 8.69. The molecule has 0 aromatic heterocycles. The van der Waals surface area contributed by atoms with Gasteiger partial charge in [0.15, 0.2) is 0 Å². The van der Waals surface area contributed by atoms with Crippen molar-refractivity contribution in [1.82, 2.24) is 10.8 Å². The van der Waals surface area contributed by atoms with Crippen LogP contribution in [0.15, 0.2) is 60.7 Å². The van der Waals surface area contributed by atoms with Gasteiger partial charge < -0.3 is 14.8 Å². The van der Waals surface area contributed by atoms with Gasteiger partial charge in [0.05, 0.1) is 0 Å². The van der Waals surface area contributed by atoms with Gasteiger partial charge in [-0.05, 0) is 17.5 Å². The van der Waals surface area contributed by atoms with E-state index in [1.807, 2.05) is 36.4 Å². The summed E-state index contributed by atoms with van der Waals surface area (Å²) < 4.78 is 10.3. The summed E-state index contributed by atoms with van der Waals surface area (Å²) in [6, 6.07) is 17.0. The Labute approximate surface area is 162 Å². The fraction of sp³-hybridized carbons (Fsp3) is 0.250. The molecular weight excluding hydrogens is 364 g/mol. The number of carbonyl (C=O) groups is 3. The van der Waals surface area contributed by atoms with Gasteiger partial charge in [0, 0.05) is 6.42 Å². The van der Waals surface area contributed by atoms with Crippen molar-refractivity contribution >= 4 is 18.0 Å². The lowest BCUT2D eigenvalue weighted by Crippen LogP contribution is -2.42. The third-order valence-corrected chi connectivity index (χ3v) is 3.80. The van der Waals surface area contributed by atoms with E-state index in [0.717, 1.165) is 11.1 Å². The maximum atomic E-state index is 12.3. The highest BCUT2D eigenvalue weighted by Crippen LogP contribution is 2.07. The van der Waals surface area contributed by atoms with Crippen LogP contribution in [0.4, 0.5) is 4.79 Å². The molecule has 0 spiro atoms. The smallest absolute Gasteiger partial charge is 0.408 e. The third kappa shape index (κ3) is 7.46. The molecule has 8 nitrogen and oxygen atoms in total. The molecule has 0 bridgehead atoms. The monoisotopic (exact) mass is 386 g/mol. The van der Waals surface area contributed by atoms with E-state index in [1.165, 1.54) is 5.48 Å². The molecule has 0 aliphatic carbocycles. The minimum absolute atomic E-state index is 0.0309. The zero-order valence-corrected chi connectivity index (χ0v) is 15.2. The summed E-state index contributed by atoms with van der Waals surface area (Å²) >= 11 is 0. The molecule has 2 rings (SSSR count). The molecule has 2 aromatic carbocycles. The number of amides is 2. The van der Waals surface area contributed by atoms with E-state index in [4.69, 9.17) is 14.7 Å². The van der Waals surface area contributed by atoms with E-state index in [1.54, 1.807) is 24.3 Å². The summed E-state index contributed by atoms with van der Waals surface area (Å²) in [5.41, 5.74) is 3.06. The van der Waals surface area contributed by atoms with Gasteiger partial charge in [-0.15, -0.1) is 0 Å². The van der Waals surface area contributed by atoms with Crippen molar-refractivity contribution in [2.45, 2.75) is 32.1 Å². The quantitative estimate of drug-likeness (QED) is 0.346. The predicted octanol–water partition coefficient (Wildman–Crippen LogP) is 2.31. The Morgan fingerprint density at radius 2 is 1.39 bits per heavy atom. The average Bonchev–Trinajstić information content (AvgIpc) is 2.74. The van der Waals surface area contributed by atoms with Crippen molar-refractivity contribution in [2.24, 2.45) is 0 Å². The molecule has 0 aliphatic heterocycles. The Morgan fingerprint density at radius 1 is 0.857 bits per heavy atom. The van der Waals surface area contributed by atoms with Gasteiger partial charge in [-0.3, -0.25) is 10.0 Å². The number of esters is 1. The molecule has 2 amide bonds. The largest absolute Gasteiger partial charge is 0.459 e. The van der Waals surface area contributed by atoms with Gasteiger partial charge in [-0.2, -0.15) is 0 Å².